The van der Waals surface area contributed by atoms with Gasteiger partial charge in [-0.3, -0.25) is 9.78 Å². The number of ether oxygens (including phenoxy) is 1. The summed E-state index contributed by atoms with van der Waals surface area (Å²) >= 11 is 0. The molecule has 0 radical (unpaired) electrons. The molecule has 2 heterocycles. The van der Waals surface area contributed by atoms with Gasteiger partial charge in [0.15, 0.2) is 0 Å². The maximum atomic E-state index is 11.4. The average molecular weight is 221 g/mol. The molecule has 16 heavy (non-hydrogen) atoms. The van der Waals surface area contributed by atoms with Crippen molar-refractivity contribution in [3.05, 3.63) is 23.0 Å². The van der Waals surface area contributed by atoms with Gasteiger partial charge >= 0.3 is 0 Å². The van der Waals surface area contributed by atoms with Gasteiger partial charge in [-0.1, -0.05) is 6.92 Å². The fraction of sp³-hybridized carbons (Fsp3) is 0.500. The summed E-state index contributed by atoms with van der Waals surface area (Å²) in [6.07, 6.45) is 2.24. The van der Waals surface area contributed by atoms with Crippen molar-refractivity contribution in [1.82, 2.24) is 4.98 Å². The molecule has 4 nitrogen and oxygen atoms in total. The van der Waals surface area contributed by atoms with Gasteiger partial charge in [0.05, 0.1) is 18.4 Å². The number of ketones is 1. The number of rotatable bonds is 3. The lowest BCUT2D eigenvalue weighted by atomic mass is 10.0. The van der Waals surface area contributed by atoms with Crippen molar-refractivity contribution in [3.63, 3.8) is 0 Å². The Balaban J connectivity index is 2.31. The summed E-state index contributed by atoms with van der Waals surface area (Å²) in [5.41, 5.74) is 2.21. The van der Waals surface area contributed by atoms with Gasteiger partial charge in [-0.15, -0.1) is 0 Å². The molecule has 1 N–H and O–H groups in total. The number of fused-ring (bicyclic) bond motifs is 1. The van der Waals surface area contributed by atoms with Crippen LogP contribution in [0, 0.1) is 6.92 Å². The van der Waals surface area contributed by atoms with Crippen LogP contribution in [-0.2, 0) is 16.1 Å². The second kappa shape index (κ2) is 4.22. The maximum Gasteiger partial charge on any atom is 0.142 e. The van der Waals surface area contributed by atoms with Crippen LogP contribution in [-0.4, -0.2) is 15.9 Å². The molecule has 4 heteroatoms. The predicted molar refractivity (Wildman–Crippen MR) is 58.1 cm³/mol. The molecule has 0 saturated carbocycles. The number of hydrogen-bond acceptors (Lipinski definition) is 4. The lowest BCUT2D eigenvalue weighted by molar-refractivity contribution is -0.121. The molecule has 1 aliphatic heterocycles. The summed E-state index contributed by atoms with van der Waals surface area (Å²) in [4.78, 5) is 15.5. The monoisotopic (exact) mass is 221 g/mol. The number of carbonyl (C=O) groups is 1. The first-order chi connectivity index (χ1) is 7.63. The molecule has 1 aromatic rings. The SMILES string of the molecule is CCC(=O)CC1OCc2cnc(C)c(O)c21. The minimum absolute atomic E-state index is 0.145. The van der Waals surface area contributed by atoms with Gasteiger partial charge in [0.2, 0.25) is 0 Å². The van der Waals surface area contributed by atoms with E-state index < -0.39 is 0 Å². The third-order valence-electron chi connectivity index (χ3n) is 2.93. The van der Waals surface area contributed by atoms with Crippen molar-refractivity contribution in [3.8, 4) is 5.75 Å². The van der Waals surface area contributed by atoms with E-state index in [0.717, 1.165) is 11.1 Å². The standard InChI is InChI=1S/C12H15NO3/c1-3-9(14)4-10-11-8(6-16-10)5-13-7(2)12(11)15/h5,10,15H,3-4,6H2,1-2H3. The van der Waals surface area contributed by atoms with Gasteiger partial charge < -0.3 is 9.84 Å². The van der Waals surface area contributed by atoms with Crippen molar-refractivity contribution < 1.29 is 14.6 Å². The Morgan fingerprint density at radius 2 is 2.44 bits per heavy atom. The number of hydrogen-bond donors (Lipinski definition) is 1. The van der Waals surface area contributed by atoms with Gasteiger partial charge in [-0.25, -0.2) is 0 Å². The van der Waals surface area contributed by atoms with E-state index in [4.69, 9.17) is 4.74 Å². The van der Waals surface area contributed by atoms with E-state index in [1.807, 2.05) is 6.92 Å². The topological polar surface area (TPSA) is 59.4 Å². The Kier molecular flexibility index (Phi) is 2.92. The first-order valence-corrected chi connectivity index (χ1v) is 5.44. The predicted octanol–water partition coefficient (Wildman–Crippen LogP) is 2.04. The van der Waals surface area contributed by atoms with E-state index >= 15 is 0 Å². The van der Waals surface area contributed by atoms with Gasteiger partial charge in [0.25, 0.3) is 0 Å². The number of carbonyl (C=O) groups excluding carboxylic acids is 1. The smallest absolute Gasteiger partial charge is 0.142 e. The van der Waals surface area contributed by atoms with Crippen molar-refractivity contribution >= 4 is 5.78 Å². The molecule has 1 unspecified atom stereocenters. The third-order valence-corrected chi connectivity index (χ3v) is 2.93. The van der Waals surface area contributed by atoms with Gasteiger partial charge in [0.1, 0.15) is 11.5 Å². The maximum absolute atomic E-state index is 11.4. The fourth-order valence-corrected chi connectivity index (χ4v) is 1.91. The van der Waals surface area contributed by atoms with Crippen LogP contribution in [0.25, 0.3) is 0 Å². The number of aromatic nitrogens is 1. The molecule has 0 bridgehead atoms. The second-order valence-corrected chi connectivity index (χ2v) is 4.03. The van der Waals surface area contributed by atoms with Crippen molar-refractivity contribution in [2.24, 2.45) is 0 Å². The highest BCUT2D eigenvalue weighted by molar-refractivity contribution is 5.79. The molecular formula is C12H15NO3. The van der Waals surface area contributed by atoms with E-state index in [9.17, 15) is 9.90 Å². The highest BCUT2D eigenvalue weighted by atomic mass is 16.5. The van der Waals surface area contributed by atoms with E-state index in [0.29, 0.717) is 25.1 Å². The first kappa shape index (κ1) is 11.1. The van der Waals surface area contributed by atoms with Gasteiger partial charge in [-0.05, 0) is 6.92 Å². The van der Waals surface area contributed by atoms with Crippen molar-refractivity contribution in [2.45, 2.75) is 39.4 Å². The summed E-state index contributed by atoms with van der Waals surface area (Å²) in [6.45, 7) is 4.00. The highest BCUT2D eigenvalue weighted by Gasteiger charge is 2.29. The lowest BCUT2D eigenvalue weighted by Crippen LogP contribution is -2.05. The molecule has 0 spiro atoms. The molecule has 1 aromatic heterocycles. The van der Waals surface area contributed by atoms with Crippen LogP contribution < -0.4 is 0 Å². The lowest BCUT2D eigenvalue weighted by Gasteiger charge is -2.11. The fourth-order valence-electron chi connectivity index (χ4n) is 1.91. The molecule has 1 aliphatic rings. The number of aryl methyl sites for hydroxylation is 1. The Bertz CT molecular complexity index is 429. The number of Topliss-reactive ketones (excluding diaryl/α,β-unsaturated/α-hetero) is 1. The zero-order valence-electron chi connectivity index (χ0n) is 9.49. The summed E-state index contributed by atoms with van der Waals surface area (Å²) in [5, 5.41) is 9.92. The second-order valence-electron chi connectivity index (χ2n) is 4.03. The molecule has 0 aromatic carbocycles. The van der Waals surface area contributed by atoms with E-state index in [-0.39, 0.29) is 17.6 Å². The Morgan fingerprint density at radius 3 is 3.12 bits per heavy atom. The molecule has 0 saturated heterocycles. The molecule has 2 rings (SSSR count). The molecule has 0 aliphatic carbocycles. The minimum atomic E-state index is -0.302. The van der Waals surface area contributed by atoms with Crippen LogP contribution in [0.1, 0.15) is 42.7 Å². The molecule has 86 valence electrons. The zero-order chi connectivity index (χ0) is 11.7. The Morgan fingerprint density at radius 1 is 1.69 bits per heavy atom. The van der Waals surface area contributed by atoms with Crippen molar-refractivity contribution in [2.75, 3.05) is 0 Å². The van der Waals surface area contributed by atoms with Crippen LogP contribution in [0.4, 0.5) is 0 Å². The summed E-state index contributed by atoms with van der Waals surface area (Å²) in [5.74, 6) is 0.315. The van der Waals surface area contributed by atoms with E-state index in [2.05, 4.69) is 4.98 Å². The van der Waals surface area contributed by atoms with E-state index in [1.165, 1.54) is 0 Å². The van der Waals surface area contributed by atoms with Gasteiger partial charge in [0, 0.05) is 30.2 Å². The van der Waals surface area contributed by atoms with Crippen LogP contribution in [0.5, 0.6) is 5.75 Å². The van der Waals surface area contributed by atoms with Crippen LogP contribution in [0.15, 0.2) is 6.20 Å². The number of pyridine rings is 1. The average Bonchev–Trinajstić information content (AvgIpc) is 2.67. The molecule has 0 fully saturated rings. The van der Waals surface area contributed by atoms with Crippen LogP contribution in [0.3, 0.4) is 0 Å². The summed E-state index contributed by atoms with van der Waals surface area (Å²) in [7, 11) is 0. The molecule has 0 amide bonds. The largest absolute Gasteiger partial charge is 0.506 e. The third kappa shape index (κ3) is 1.80. The number of nitrogens with zero attached hydrogens (tertiary/aromatic N) is 1. The molecule has 1 atom stereocenters. The summed E-state index contributed by atoms with van der Waals surface area (Å²) in [6, 6.07) is 0. The van der Waals surface area contributed by atoms with Crippen LogP contribution in [0.2, 0.25) is 0 Å². The van der Waals surface area contributed by atoms with Crippen molar-refractivity contribution in [1.29, 1.82) is 0 Å². The normalized spacial score (nSPS) is 18.5. The zero-order valence-corrected chi connectivity index (χ0v) is 9.49. The van der Waals surface area contributed by atoms with Gasteiger partial charge in [-0.2, -0.15) is 0 Å². The molecular weight excluding hydrogens is 206 g/mol. The summed E-state index contributed by atoms with van der Waals surface area (Å²) < 4.78 is 5.51. The highest BCUT2D eigenvalue weighted by Crippen LogP contribution is 2.39. The Labute approximate surface area is 94.3 Å². The van der Waals surface area contributed by atoms with Crippen LogP contribution >= 0.6 is 0 Å². The Hall–Kier alpha value is -1.42. The minimum Gasteiger partial charge on any atom is -0.506 e. The quantitative estimate of drug-likeness (QED) is 0.848. The first-order valence-electron chi connectivity index (χ1n) is 5.44. The van der Waals surface area contributed by atoms with E-state index in [1.54, 1.807) is 13.1 Å². The number of aromatic hydroxyl groups is 1.